The zero-order valence-electron chi connectivity index (χ0n) is 48.3. The molecule has 0 aliphatic heterocycles. The Morgan fingerprint density at radius 2 is 0.481 bits per heavy atom. The summed E-state index contributed by atoms with van der Waals surface area (Å²) in [5, 5.41) is 0. The Kier molecular flexibility index (Phi) is 21.0. The van der Waals surface area contributed by atoms with Crippen LogP contribution in [0.4, 0.5) is 17.1 Å². The summed E-state index contributed by atoms with van der Waals surface area (Å²) in [5.41, 5.74) is 9.70. The number of anilines is 3. The first kappa shape index (κ1) is 58.5. The number of hydrogen-bond acceptors (Lipinski definition) is 11. The molecule has 0 spiro atoms. The smallest absolute Gasteiger partial charge is 0.170 e. The number of hydrogen-bond donors (Lipinski definition) is 0. The number of aromatic nitrogens is 2. The summed E-state index contributed by atoms with van der Waals surface area (Å²) in [6.07, 6.45) is 14.6. The average molecular weight is 1180 g/mol. The van der Waals surface area contributed by atoms with Gasteiger partial charge in [0, 0.05) is 100 Å². The average Bonchev–Trinajstić information content (AvgIpc) is 4.42. The quantitative estimate of drug-likeness (QED) is 0.0448. The minimum Gasteiger partial charge on any atom is -0.372 e. The lowest BCUT2D eigenvalue weighted by Crippen LogP contribution is -2.25. The highest BCUT2D eigenvalue weighted by Crippen LogP contribution is 2.46. The maximum Gasteiger partial charge on any atom is 0.170 e. The van der Waals surface area contributed by atoms with Gasteiger partial charge in [-0.25, -0.2) is 9.97 Å². The molecule has 0 bridgehead atoms. The Morgan fingerprint density at radius 1 is 0.259 bits per heavy atom. The molecule has 3 aromatic carbocycles. The fraction of sp³-hybridized carbons (Fsp3) is 0.343. The van der Waals surface area contributed by atoms with Gasteiger partial charge in [-0.15, -0.1) is 68.0 Å². The van der Waals surface area contributed by atoms with E-state index in [0.29, 0.717) is 0 Å². The van der Waals surface area contributed by atoms with Crippen LogP contribution >= 0.6 is 68.0 Å². The Morgan fingerprint density at radius 3 is 0.753 bits per heavy atom. The van der Waals surface area contributed by atoms with Crippen molar-refractivity contribution in [1.82, 2.24) is 9.97 Å². The summed E-state index contributed by atoms with van der Waals surface area (Å²) in [6, 6.07) is 57.3. The summed E-state index contributed by atoms with van der Waals surface area (Å²) in [4.78, 5) is 33.3. The predicted octanol–water partition coefficient (Wildman–Crippen LogP) is 23.1. The fourth-order valence-corrected chi connectivity index (χ4v) is 16.4. The summed E-state index contributed by atoms with van der Waals surface area (Å²) < 4.78 is 0. The molecule has 10 rings (SSSR count). The second kappa shape index (κ2) is 29.0. The van der Waals surface area contributed by atoms with E-state index in [9.17, 15) is 0 Å². The van der Waals surface area contributed by atoms with Crippen LogP contribution in [0.5, 0.6) is 0 Å². The van der Waals surface area contributed by atoms with Crippen LogP contribution in [0.2, 0.25) is 0 Å². The third kappa shape index (κ3) is 14.8. The summed E-state index contributed by atoms with van der Waals surface area (Å²) in [7, 11) is 0. The van der Waals surface area contributed by atoms with Gasteiger partial charge in [-0.05, 0) is 170 Å². The maximum atomic E-state index is 5.40. The van der Waals surface area contributed by atoms with E-state index >= 15 is 0 Å². The number of unbranched alkanes of at least 4 members (excludes halogenated alkanes) is 6. The molecule has 11 heteroatoms. The molecule has 0 fully saturated rings. The van der Waals surface area contributed by atoms with Crippen molar-refractivity contribution in [1.29, 1.82) is 0 Å². The Labute approximate surface area is 507 Å². The van der Waals surface area contributed by atoms with Crippen molar-refractivity contribution < 1.29 is 0 Å². The highest BCUT2D eigenvalue weighted by molar-refractivity contribution is 7.26. The highest BCUT2D eigenvalue weighted by atomic mass is 32.1. The Bertz CT molecular complexity index is 3090. The number of nitrogens with zero attached hydrogens (tertiary/aromatic N) is 5. The number of benzene rings is 3. The standard InChI is InChI=1S/C70H79N5S6/c1-7-13-43-73(44-14-8-2)53-25-19-50(20-26-53)58-31-36-63(76-58)66-39-34-61(79-66)56-49-57(62-35-40-67(80-62)64-37-32-59(77-64)51-21-27-54(28-22-51)74(45-15-9-3)46-16-10-4)72-70(71-56)69-42-41-68(81-69)65-38-33-60(78-65)52-23-29-55(30-24-52)75(47-17-11-5)48-18-12-6/h19-42,49H,7-18,43-48H2,1-6H3. The molecule has 5 nitrogen and oxygen atoms in total. The van der Waals surface area contributed by atoms with Crippen LogP contribution in [-0.4, -0.2) is 49.2 Å². The predicted molar refractivity (Wildman–Crippen MR) is 364 cm³/mol. The summed E-state index contributed by atoms with van der Waals surface area (Å²) in [5.74, 6) is 0.765. The molecule has 0 saturated carbocycles. The lowest BCUT2D eigenvalue weighted by atomic mass is 10.1. The largest absolute Gasteiger partial charge is 0.372 e. The molecule has 0 radical (unpaired) electrons. The molecule has 7 heterocycles. The first-order valence-corrected chi connectivity index (χ1v) is 34.8. The van der Waals surface area contributed by atoms with Crippen LogP contribution in [0.3, 0.4) is 0 Å². The molecule has 0 saturated heterocycles. The second-order valence-electron chi connectivity index (χ2n) is 21.2. The van der Waals surface area contributed by atoms with Crippen molar-refractivity contribution in [3.8, 4) is 92.4 Å². The van der Waals surface area contributed by atoms with Crippen molar-refractivity contribution in [2.45, 2.75) is 119 Å². The van der Waals surface area contributed by atoms with Gasteiger partial charge < -0.3 is 14.7 Å². The first-order valence-electron chi connectivity index (χ1n) is 29.9. The summed E-state index contributed by atoms with van der Waals surface area (Å²) >= 11 is 11.0. The lowest BCUT2D eigenvalue weighted by Gasteiger charge is -2.24. The van der Waals surface area contributed by atoms with Gasteiger partial charge in [-0.2, -0.15) is 0 Å². The Hall–Kier alpha value is -5.66. The molecule has 10 aromatic rings. The molecule has 0 N–H and O–H groups in total. The van der Waals surface area contributed by atoms with Crippen molar-refractivity contribution in [2.75, 3.05) is 54.0 Å². The van der Waals surface area contributed by atoms with Crippen molar-refractivity contribution >= 4 is 85.1 Å². The second-order valence-corrected chi connectivity index (χ2v) is 27.7. The van der Waals surface area contributed by atoms with Crippen LogP contribution in [-0.2, 0) is 0 Å². The molecule has 0 atom stereocenters. The minimum absolute atomic E-state index is 0.765. The van der Waals surface area contributed by atoms with E-state index in [1.807, 2.05) is 56.7 Å². The molecule has 0 aliphatic carbocycles. The van der Waals surface area contributed by atoms with Gasteiger partial charge in [0.1, 0.15) is 0 Å². The van der Waals surface area contributed by atoms with Gasteiger partial charge in [0.05, 0.1) is 26.0 Å². The van der Waals surface area contributed by atoms with E-state index < -0.39 is 0 Å². The van der Waals surface area contributed by atoms with E-state index in [1.165, 1.54) is 155 Å². The SMILES string of the molecule is CCCCN(CCCC)c1ccc(-c2ccc(-c3ccc(-c4cc(-c5ccc(-c6ccc(-c7ccc(N(CCCC)CCCC)cc7)s6)s5)nc(-c5ccc(-c6ccc(-c7ccc(N(CCCC)CCCC)cc7)s6)s5)n4)s3)s2)cc1. The van der Waals surface area contributed by atoms with Crippen LogP contribution in [0.1, 0.15) is 119 Å². The fourth-order valence-electron chi connectivity index (χ4n) is 10.2. The van der Waals surface area contributed by atoms with E-state index in [4.69, 9.17) is 9.97 Å². The van der Waals surface area contributed by atoms with Crippen LogP contribution in [0, 0.1) is 0 Å². The lowest BCUT2D eigenvalue weighted by molar-refractivity contribution is 0.678. The zero-order chi connectivity index (χ0) is 55.9. The van der Waals surface area contributed by atoms with Gasteiger partial charge in [0.15, 0.2) is 5.82 Å². The normalized spacial score (nSPS) is 11.5. The third-order valence-corrected chi connectivity index (χ3v) is 22.3. The van der Waals surface area contributed by atoms with E-state index in [2.05, 4.69) is 208 Å². The van der Waals surface area contributed by atoms with Crippen LogP contribution in [0.25, 0.3) is 92.4 Å². The topological polar surface area (TPSA) is 35.5 Å². The molecule has 420 valence electrons. The molecule has 0 amide bonds. The van der Waals surface area contributed by atoms with Crippen molar-refractivity contribution in [2.24, 2.45) is 0 Å². The van der Waals surface area contributed by atoms with Crippen molar-refractivity contribution in [3.05, 3.63) is 152 Å². The molecule has 0 unspecified atom stereocenters. The maximum absolute atomic E-state index is 5.40. The minimum atomic E-state index is 0.765. The van der Waals surface area contributed by atoms with Crippen molar-refractivity contribution in [3.63, 3.8) is 0 Å². The molecule has 7 aromatic heterocycles. The monoisotopic (exact) mass is 1180 g/mol. The van der Waals surface area contributed by atoms with Gasteiger partial charge >= 0.3 is 0 Å². The van der Waals surface area contributed by atoms with Gasteiger partial charge in [-0.1, -0.05) is 116 Å². The van der Waals surface area contributed by atoms with Gasteiger partial charge in [0.25, 0.3) is 0 Å². The third-order valence-electron chi connectivity index (χ3n) is 15.1. The van der Waals surface area contributed by atoms with E-state index in [0.717, 1.165) is 71.1 Å². The van der Waals surface area contributed by atoms with Crippen LogP contribution < -0.4 is 14.7 Å². The molecule has 0 aliphatic rings. The molecular weight excluding hydrogens is 1100 g/mol. The zero-order valence-corrected chi connectivity index (χ0v) is 53.2. The highest BCUT2D eigenvalue weighted by Gasteiger charge is 2.19. The van der Waals surface area contributed by atoms with Crippen LogP contribution in [0.15, 0.2) is 152 Å². The number of thiophene rings is 6. The first-order chi connectivity index (χ1) is 39.8. The van der Waals surface area contributed by atoms with Gasteiger partial charge in [0.2, 0.25) is 0 Å². The Balaban J connectivity index is 0.922. The molecular formula is C70H79N5S6. The van der Waals surface area contributed by atoms with Gasteiger partial charge in [-0.3, -0.25) is 0 Å². The van der Waals surface area contributed by atoms with E-state index in [1.54, 1.807) is 11.3 Å². The summed E-state index contributed by atoms with van der Waals surface area (Å²) in [6.45, 7) is 20.4. The molecule has 81 heavy (non-hydrogen) atoms. The van der Waals surface area contributed by atoms with E-state index in [-0.39, 0.29) is 0 Å². The number of rotatable bonds is 30.